The summed E-state index contributed by atoms with van der Waals surface area (Å²) in [5, 5.41) is 4.19. The first-order valence-electron chi connectivity index (χ1n) is 9.01. The summed E-state index contributed by atoms with van der Waals surface area (Å²) in [6.07, 6.45) is 3.33. The van der Waals surface area contributed by atoms with Gasteiger partial charge in [-0.3, -0.25) is 9.59 Å². The molecule has 3 heterocycles. The molecule has 2 amide bonds. The second kappa shape index (κ2) is 7.77. The molecule has 3 aromatic rings. The molecule has 8 heteroatoms. The molecule has 1 atom stereocenters. The first kappa shape index (κ1) is 18.7. The Morgan fingerprint density at radius 3 is 2.79 bits per heavy atom. The summed E-state index contributed by atoms with van der Waals surface area (Å²) in [5.74, 6) is 0.0928. The number of nitrogens with one attached hydrogen (secondary N) is 1. The minimum absolute atomic E-state index is 0.148. The van der Waals surface area contributed by atoms with Crippen LogP contribution in [0.5, 0.6) is 0 Å². The number of thiophene rings is 1. The minimum Gasteiger partial charge on any atom is -0.369 e. The van der Waals surface area contributed by atoms with Crippen LogP contribution in [-0.4, -0.2) is 29.9 Å². The molecule has 28 heavy (non-hydrogen) atoms. The number of fused-ring (bicyclic) bond motifs is 1. The summed E-state index contributed by atoms with van der Waals surface area (Å²) in [6.45, 7) is 1.41. The van der Waals surface area contributed by atoms with Crippen molar-refractivity contribution < 1.29 is 9.59 Å². The number of amides is 2. The standard InChI is InChI=1S/C20H19ClN4O2S/c21-17-14-5-1-2-6-15(14)28-18(17)20(27)24-13-7-8-16(23-10-13)25-9-3-4-12(11-25)19(22)26/h1-2,5-8,10,12H,3-4,9,11H2,(H2,22,26)(H,24,27). The molecule has 1 fully saturated rings. The molecule has 1 unspecified atom stereocenters. The van der Waals surface area contributed by atoms with Gasteiger partial charge in [-0.25, -0.2) is 4.98 Å². The van der Waals surface area contributed by atoms with Crippen molar-refractivity contribution in [3.05, 3.63) is 52.5 Å². The van der Waals surface area contributed by atoms with Crippen molar-refractivity contribution in [1.82, 2.24) is 4.98 Å². The SMILES string of the molecule is NC(=O)C1CCCN(c2ccc(NC(=O)c3sc4ccccc4c3Cl)cn2)C1. The lowest BCUT2D eigenvalue weighted by Gasteiger charge is -2.32. The van der Waals surface area contributed by atoms with Gasteiger partial charge in [0.25, 0.3) is 5.91 Å². The van der Waals surface area contributed by atoms with E-state index in [1.807, 2.05) is 35.2 Å². The van der Waals surface area contributed by atoms with Crippen LogP contribution >= 0.6 is 22.9 Å². The van der Waals surface area contributed by atoms with Gasteiger partial charge in [-0.2, -0.15) is 0 Å². The second-order valence-electron chi connectivity index (χ2n) is 6.79. The molecule has 0 saturated carbocycles. The van der Waals surface area contributed by atoms with Gasteiger partial charge in [0.2, 0.25) is 5.91 Å². The smallest absolute Gasteiger partial charge is 0.267 e. The van der Waals surface area contributed by atoms with E-state index in [0.717, 1.165) is 35.3 Å². The number of piperidine rings is 1. The lowest BCUT2D eigenvalue weighted by atomic mass is 9.97. The Morgan fingerprint density at radius 1 is 1.25 bits per heavy atom. The van der Waals surface area contributed by atoms with Crippen molar-refractivity contribution in [1.29, 1.82) is 0 Å². The quantitative estimate of drug-likeness (QED) is 0.677. The summed E-state index contributed by atoms with van der Waals surface area (Å²) in [6, 6.07) is 11.3. The van der Waals surface area contributed by atoms with Gasteiger partial charge in [0.05, 0.1) is 22.8 Å². The van der Waals surface area contributed by atoms with Gasteiger partial charge in [-0.15, -0.1) is 11.3 Å². The van der Waals surface area contributed by atoms with Gasteiger partial charge in [0.15, 0.2) is 0 Å². The van der Waals surface area contributed by atoms with Crippen molar-refractivity contribution in [3.8, 4) is 0 Å². The maximum absolute atomic E-state index is 12.6. The van der Waals surface area contributed by atoms with E-state index < -0.39 is 0 Å². The Kier molecular flexibility index (Phi) is 5.19. The first-order chi connectivity index (χ1) is 13.5. The number of carbonyl (C=O) groups excluding carboxylic acids is 2. The van der Waals surface area contributed by atoms with Crippen LogP contribution in [0.1, 0.15) is 22.5 Å². The van der Waals surface area contributed by atoms with Crippen LogP contribution in [-0.2, 0) is 4.79 Å². The number of rotatable bonds is 4. The number of anilines is 2. The number of pyridine rings is 1. The third-order valence-electron chi connectivity index (χ3n) is 4.89. The lowest BCUT2D eigenvalue weighted by Crippen LogP contribution is -2.41. The van der Waals surface area contributed by atoms with Gasteiger partial charge in [0, 0.05) is 23.2 Å². The number of hydrogen-bond donors (Lipinski definition) is 2. The van der Waals surface area contributed by atoms with Gasteiger partial charge < -0.3 is 16.0 Å². The van der Waals surface area contributed by atoms with Crippen LogP contribution in [0.4, 0.5) is 11.5 Å². The molecule has 1 saturated heterocycles. The Balaban J connectivity index is 1.47. The van der Waals surface area contributed by atoms with Crippen molar-refractivity contribution in [2.24, 2.45) is 11.7 Å². The third kappa shape index (κ3) is 3.68. The van der Waals surface area contributed by atoms with E-state index in [-0.39, 0.29) is 17.7 Å². The van der Waals surface area contributed by atoms with Crippen LogP contribution in [0.15, 0.2) is 42.6 Å². The highest BCUT2D eigenvalue weighted by Gasteiger charge is 2.24. The number of aromatic nitrogens is 1. The molecule has 0 aliphatic carbocycles. The zero-order chi connectivity index (χ0) is 19.7. The topological polar surface area (TPSA) is 88.3 Å². The number of halogens is 1. The molecule has 0 bridgehead atoms. The van der Waals surface area contributed by atoms with Crippen LogP contribution in [0.2, 0.25) is 5.02 Å². The molecule has 0 spiro atoms. The Bertz CT molecular complexity index is 1030. The highest BCUT2D eigenvalue weighted by molar-refractivity contribution is 7.21. The van der Waals surface area contributed by atoms with Crippen molar-refractivity contribution >= 4 is 56.3 Å². The average molecular weight is 415 g/mol. The van der Waals surface area contributed by atoms with E-state index >= 15 is 0 Å². The predicted molar refractivity (Wildman–Crippen MR) is 113 cm³/mol. The maximum Gasteiger partial charge on any atom is 0.267 e. The first-order valence-corrected chi connectivity index (χ1v) is 10.2. The Morgan fingerprint density at radius 2 is 2.07 bits per heavy atom. The molecule has 144 valence electrons. The molecule has 1 aromatic carbocycles. The van der Waals surface area contributed by atoms with Crippen LogP contribution in [0, 0.1) is 5.92 Å². The van der Waals surface area contributed by atoms with Gasteiger partial charge in [0.1, 0.15) is 10.7 Å². The molecule has 0 radical (unpaired) electrons. The molecule has 1 aliphatic heterocycles. The van der Waals surface area contributed by atoms with E-state index in [9.17, 15) is 9.59 Å². The molecular formula is C20H19ClN4O2S. The summed E-state index contributed by atoms with van der Waals surface area (Å²) in [7, 11) is 0. The van der Waals surface area contributed by atoms with E-state index in [4.69, 9.17) is 17.3 Å². The third-order valence-corrected chi connectivity index (χ3v) is 6.57. The van der Waals surface area contributed by atoms with Crippen LogP contribution in [0.3, 0.4) is 0 Å². The Labute approximate surface area is 171 Å². The summed E-state index contributed by atoms with van der Waals surface area (Å²) >= 11 is 7.74. The molecule has 1 aliphatic rings. The zero-order valence-corrected chi connectivity index (χ0v) is 16.6. The number of benzene rings is 1. The molecule has 4 rings (SSSR count). The fourth-order valence-electron chi connectivity index (χ4n) is 3.41. The number of primary amides is 1. The summed E-state index contributed by atoms with van der Waals surface area (Å²) < 4.78 is 0.972. The number of nitrogens with two attached hydrogens (primary N) is 1. The van der Waals surface area contributed by atoms with Gasteiger partial charge in [-0.1, -0.05) is 29.8 Å². The Hall–Kier alpha value is -2.64. The van der Waals surface area contributed by atoms with Crippen LogP contribution in [0.25, 0.3) is 10.1 Å². The molecular weight excluding hydrogens is 396 g/mol. The highest BCUT2D eigenvalue weighted by Crippen LogP contribution is 2.35. The fourth-order valence-corrected chi connectivity index (χ4v) is 4.82. The van der Waals surface area contributed by atoms with Crippen molar-refractivity contribution in [2.45, 2.75) is 12.8 Å². The molecule has 2 aromatic heterocycles. The zero-order valence-electron chi connectivity index (χ0n) is 15.0. The molecule has 6 nitrogen and oxygen atoms in total. The second-order valence-corrected chi connectivity index (χ2v) is 8.22. The summed E-state index contributed by atoms with van der Waals surface area (Å²) in [4.78, 5) is 31.1. The van der Waals surface area contributed by atoms with Gasteiger partial charge >= 0.3 is 0 Å². The molecule has 3 N–H and O–H groups in total. The monoisotopic (exact) mass is 414 g/mol. The number of hydrogen-bond acceptors (Lipinski definition) is 5. The van der Waals surface area contributed by atoms with E-state index in [2.05, 4.69) is 10.3 Å². The van der Waals surface area contributed by atoms with E-state index in [1.165, 1.54) is 11.3 Å². The van der Waals surface area contributed by atoms with E-state index in [0.29, 0.717) is 22.1 Å². The fraction of sp³-hybridized carbons (Fsp3) is 0.250. The normalized spacial score (nSPS) is 16.9. The van der Waals surface area contributed by atoms with E-state index in [1.54, 1.807) is 12.3 Å². The largest absolute Gasteiger partial charge is 0.369 e. The number of nitrogens with zero attached hydrogens (tertiary/aromatic N) is 2. The van der Waals surface area contributed by atoms with Crippen molar-refractivity contribution in [2.75, 3.05) is 23.3 Å². The average Bonchev–Trinajstić information content (AvgIpc) is 3.06. The predicted octanol–water partition coefficient (Wildman–Crippen LogP) is 3.90. The lowest BCUT2D eigenvalue weighted by molar-refractivity contribution is -0.122. The maximum atomic E-state index is 12.6. The van der Waals surface area contributed by atoms with Crippen LogP contribution < -0.4 is 16.0 Å². The number of carbonyl (C=O) groups is 2. The van der Waals surface area contributed by atoms with Gasteiger partial charge in [-0.05, 0) is 31.0 Å². The minimum atomic E-state index is -0.270. The van der Waals surface area contributed by atoms with Crippen molar-refractivity contribution in [3.63, 3.8) is 0 Å². The summed E-state index contributed by atoms with van der Waals surface area (Å²) in [5.41, 5.74) is 6.03. The highest BCUT2D eigenvalue weighted by atomic mass is 35.5.